The first-order valence-corrected chi connectivity index (χ1v) is 18.9. The van der Waals surface area contributed by atoms with Crippen molar-refractivity contribution in [2.24, 2.45) is 0 Å². The Morgan fingerprint density at radius 1 is 0.683 bits per heavy atom. The maximum atomic E-state index is 5.80. The van der Waals surface area contributed by atoms with E-state index in [0.29, 0.717) is 5.66 Å². The van der Waals surface area contributed by atoms with Gasteiger partial charge in [-0.3, -0.25) is 0 Å². The van der Waals surface area contributed by atoms with E-state index in [1.807, 2.05) is 0 Å². The second kappa shape index (κ2) is 13.7. The number of hydrogen-bond donors (Lipinski definition) is 0. The molecule has 222 valence electrons. The normalized spacial score (nSPS) is 17.8. The summed E-state index contributed by atoms with van der Waals surface area (Å²) in [6, 6.07) is 16.9. The van der Waals surface area contributed by atoms with Crippen molar-refractivity contribution >= 4 is 31.8 Å². The molecule has 0 saturated heterocycles. The fourth-order valence-electron chi connectivity index (χ4n) is 8.02. The van der Waals surface area contributed by atoms with Crippen LogP contribution in [0.15, 0.2) is 42.5 Å². The zero-order valence-electron chi connectivity index (χ0n) is 26.6. The molecular weight excluding hydrogens is 538 g/mol. The maximum absolute atomic E-state index is 5.80. The van der Waals surface area contributed by atoms with Crippen LogP contribution in [0.25, 0.3) is 0 Å². The molecule has 1 atom stereocenters. The third kappa shape index (κ3) is 6.45. The van der Waals surface area contributed by atoms with Gasteiger partial charge < -0.3 is 9.47 Å². The van der Waals surface area contributed by atoms with Crippen LogP contribution in [0.5, 0.6) is 11.5 Å². The lowest BCUT2D eigenvalue weighted by molar-refractivity contribution is 0.408. The van der Waals surface area contributed by atoms with Gasteiger partial charge in [-0.15, -0.1) is 18.8 Å². The summed E-state index contributed by atoms with van der Waals surface area (Å²) < 4.78 is 11.6. The van der Waals surface area contributed by atoms with Gasteiger partial charge in [0, 0.05) is 0 Å². The summed E-state index contributed by atoms with van der Waals surface area (Å²) in [7, 11) is 2.81. The first kappa shape index (κ1) is 30.7. The zero-order chi connectivity index (χ0) is 29.1. The highest BCUT2D eigenvalue weighted by Crippen LogP contribution is 2.64. The molecule has 5 rings (SSSR count). The monoisotopic (exact) mass is 589 g/mol. The fraction of sp³-hybridized carbons (Fsp3) is 0.541. The lowest BCUT2D eigenvalue weighted by Crippen LogP contribution is -2.27. The van der Waals surface area contributed by atoms with Gasteiger partial charge in [0.25, 0.3) is 0 Å². The van der Waals surface area contributed by atoms with E-state index in [1.54, 1.807) is 25.1 Å². The van der Waals surface area contributed by atoms with E-state index in [0.717, 1.165) is 22.8 Å². The molecule has 0 aromatic heterocycles. The Hall–Kier alpha value is -1.75. The Morgan fingerprint density at radius 2 is 1.10 bits per heavy atom. The molecule has 3 aromatic rings. The van der Waals surface area contributed by atoms with Gasteiger partial charge in [-0.05, 0) is 135 Å². The number of hydrogen-bond acceptors (Lipinski definition) is 2. The van der Waals surface area contributed by atoms with E-state index >= 15 is 0 Å². The SMILES string of the molecule is COc1c(C)cc(P(c2cc(C)c(OC)c(C)c2)c2ccc[c-]2[C@@H](C)P(C2CCCCC2)C2CCCCC2)cc1C. The van der Waals surface area contributed by atoms with Gasteiger partial charge in [0.1, 0.15) is 11.5 Å². The molecule has 2 aliphatic carbocycles. The highest BCUT2D eigenvalue weighted by atomic mass is 31.1. The number of benzene rings is 2. The van der Waals surface area contributed by atoms with Crippen LogP contribution in [-0.2, 0) is 0 Å². The van der Waals surface area contributed by atoms with Crippen LogP contribution in [0.3, 0.4) is 0 Å². The van der Waals surface area contributed by atoms with Crippen molar-refractivity contribution in [2.75, 3.05) is 14.2 Å². The van der Waals surface area contributed by atoms with Crippen LogP contribution >= 0.6 is 15.8 Å². The highest BCUT2D eigenvalue weighted by molar-refractivity contribution is 7.80. The standard InChI is InChI=1S/C37H51O2P2/c1-25-21-32(22-26(2)36(25)38-6)41(33-23-27(3)37(39-7)28(4)24-33)35-20-14-19-34(35)29(5)40(30-15-10-8-11-16-30)31-17-12-9-13-18-31/h14,19-24,29-31H,8-13,15-18H2,1-7H3/q-1/t29-/m1/s1. The molecule has 41 heavy (non-hydrogen) atoms. The van der Waals surface area contributed by atoms with Gasteiger partial charge in [0.2, 0.25) is 0 Å². The Kier molecular flexibility index (Phi) is 10.3. The summed E-state index contributed by atoms with van der Waals surface area (Å²) in [6.07, 6.45) is 14.5. The highest BCUT2D eigenvalue weighted by Gasteiger charge is 2.35. The van der Waals surface area contributed by atoms with Gasteiger partial charge in [-0.2, -0.15) is 6.07 Å². The second-order valence-electron chi connectivity index (χ2n) is 12.6. The molecule has 2 nitrogen and oxygen atoms in total. The maximum Gasteiger partial charge on any atom is 0.124 e. The topological polar surface area (TPSA) is 18.5 Å². The lowest BCUT2D eigenvalue weighted by atomic mass is 9.99. The minimum Gasteiger partial charge on any atom is -0.496 e. The molecule has 0 aliphatic heterocycles. The van der Waals surface area contributed by atoms with Crippen LogP contribution in [-0.4, -0.2) is 25.5 Å². The fourth-order valence-corrected chi connectivity index (χ4v) is 15.4. The van der Waals surface area contributed by atoms with E-state index in [2.05, 4.69) is 77.1 Å². The summed E-state index contributed by atoms with van der Waals surface area (Å²) in [5.74, 6) is 2.03. The molecule has 0 spiro atoms. The van der Waals surface area contributed by atoms with E-state index in [-0.39, 0.29) is 7.92 Å². The van der Waals surface area contributed by atoms with Gasteiger partial charge in [-0.25, -0.2) is 12.1 Å². The Bertz CT molecular complexity index is 1190. The molecule has 0 amide bonds. The zero-order valence-corrected chi connectivity index (χ0v) is 28.3. The van der Waals surface area contributed by atoms with E-state index in [9.17, 15) is 0 Å². The predicted octanol–water partition coefficient (Wildman–Crippen LogP) is 9.62. The number of methoxy groups -OCH3 is 2. The largest absolute Gasteiger partial charge is 0.496 e. The molecule has 0 N–H and O–H groups in total. The summed E-state index contributed by atoms with van der Waals surface area (Å²) >= 11 is 0. The smallest absolute Gasteiger partial charge is 0.124 e. The molecule has 0 radical (unpaired) electrons. The van der Waals surface area contributed by atoms with Gasteiger partial charge in [0.15, 0.2) is 0 Å². The van der Waals surface area contributed by atoms with Crippen molar-refractivity contribution in [1.82, 2.24) is 0 Å². The molecule has 2 fully saturated rings. The third-order valence-electron chi connectivity index (χ3n) is 9.77. The summed E-state index contributed by atoms with van der Waals surface area (Å²) in [5.41, 5.74) is 9.08. The van der Waals surface area contributed by atoms with Crippen molar-refractivity contribution in [3.05, 3.63) is 70.3 Å². The minimum absolute atomic E-state index is 0.0577. The first-order valence-electron chi connectivity index (χ1n) is 16.0. The predicted molar refractivity (Wildman–Crippen MR) is 182 cm³/mol. The Balaban J connectivity index is 1.64. The van der Waals surface area contributed by atoms with Crippen LogP contribution in [0.4, 0.5) is 0 Å². The molecule has 4 heteroatoms. The molecule has 0 heterocycles. The average Bonchev–Trinajstić information content (AvgIpc) is 3.44. The molecular formula is C37H51O2P2-. The van der Waals surface area contributed by atoms with E-state index < -0.39 is 7.92 Å². The first-order chi connectivity index (χ1) is 19.8. The van der Waals surface area contributed by atoms with Crippen LogP contribution < -0.4 is 25.4 Å². The molecule has 3 aromatic carbocycles. The summed E-state index contributed by atoms with van der Waals surface area (Å²) in [4.78, 5) is 0. The molecule has 0 unspecified atom stereocenters. The van der Waals surface area contributed by atoms with Gasteiger partial charge in [0.05, 0.1) is 14.2 Å². The molecule has 0 bridgehead atoms. The summed E-state index contributed by atoms with van der Waals surface area (Å²) in [5, 5.41) is 4.43. The van der Waals surface area contributed by atoms with Crippen molar-refractivity contribution in [2.45, 2.75) is 116 Å². The quantitative estimate of drug-likeness (QED) is 0.183. The van der Waals surface area contributed by atoms with Crippen LogP contribution in [0.2, 0.25) is 0 Å². The third-order valence-corrected chi connectivity index (χ3v) is 16.1. The lowest BCUT2D eigenvalue weighted by Gasteiger charge is -2.44. The number of aryl methyl sites for hydroxylation is 4. The molecule has 2 saturated carbocycles. The minimum atomic E-state index is -0.722. The van der Waals surface area contributed by atoms with Crippen LogP contribution in [0, 0.1) is 27.7 Å². The number of ether oxygens (including phenoxy) is 2. The Morgan fingerprint density at radius 3 is 1.49 bits per heavy atom. The average molecular weight is 590 g/mol. The number of rotatable bonds is 9. The Labute approximate surface area is 252 Å². The van der Waals surface area contributed by atoms with E-state index in [4.69, 9.17) is 9.47 Å². The molecule has 2 aliphatic rings. The van der Waals surface area contributed by atoms with E-state index in [1.165, 1.54) is 97.1 Å². The van der Waals surface area contributed by atoms with Crippen molar-refractivity contribution in [3.8, 4) is 11.5 Å². The summed E-state index contributed by atoms with van der Waals surface area (Å²) in [6.45, 7) is 11.4. The van der Waals surface area contributed by atoms with Crippen LogP contribution in [0.1, 0.15) is 105 Å². The van der Waals surface area contributed by atoms with Crippen molar-refractivity contribution in [3.63, 3.8) is 0 Å². The van der Waals surface area contributed by atoms with Crippen molar-refractivity contribution in [1.29, 1.82) is 0 Å². The second-order valence-corrected chi connectivity index (χ2v) is 17.9. The van der Waals surface area contributed by atoms with Gasteiger partial charge in [-0.1, -0.05) is 45.4 Å². The van der Waals surface area contributed by atoms with Crippen molar-refractivity contribution < 1.29 is 9.47 Å². The van der Waals surface area contributed by atoms with Gasteiger partial charge >= 0.3 is 0 Å².